The third-order valence-electron chi connectivity index (χ3n) is 3.17. The van der Waals surface area contributed by atoms with Gasteiger partial charge in [-0.1, -0.05) is 18.2 Å². The first-order chi connectivity index (χ1) is 9.56. The SMILES string of the molecule is Cc1cc(CC(C)N)cc(C)c1OCc1ccccn1. The molecule has 20 heavy (non-hydrogen) atoms. The molecular formula is C17H22N2O. The van der Waals surface area contributed by atoms with Crippen molar-refractivity contribution in [1.29, 1.82) is 0 Å². The molecule has 0 amide bonds. The first kappa shape index (κ1) is 14.5. The van der Waals surface area contributed by atoms with Crippen LogP contribution in [-0.2, 0) is 13.0 Å². The predicted molar refractivity (Wildman–Crippen MR) is 81.8 cm³/mol. The summed E-state index contributed by atoms with van der Waals surface area (Å²) in [6.07, 6.45) is 2.67. The lowest BCUT2D eigenvalue weighted by Gasteiger charge is -2.15. The van der Waals surface area contributed by atoms with Crippen LogP contribution in [0.15, 0.2) is 36.5 Å². The monoisotopic (exact) mass is 270 g/mol. The second-order valence-electron chi connectivity index (χ2n) is 5.35. The van der Waals surface area contributed by atoms with Crippen molar-refractivity contribution in [2.45, 2.75) is 39.8 Å². The lowest BCUT2D eigenvalue weighted by molar-refractivity contribution is 0.297. The minimum Gasteiger partial charge on any atom is -0.487 e. The van der Waals surface area contributed by atoms with Gasteiger partial charge in [0.25, 0.3) is 0 Å². The van der Waals surface area contributed by atoms with E-state index in [-0.39, 0.29) is 6.04 Å². The fourth-order valence-corrected chi connectivity index (χ4v) is 2.39. The van der Waals surface area contributed by atoms with Gasteiger partial charge in [0, 0.05) is 12.2 Å². The molecule has 1 atom stereocenters. The lowest BCUT2D eigenvalue weighted by Crippen LogP contribution is -2.18. The lowest BCUT2D eigenvalue weighted by atomic mass is 10.0. The summed E-state index contributed by atoms with van der Waals surface area (Å²) in [7, 11) is 0. The molecule has 0 spiro atoms. The second kappa shape index (κ2) is 6.53. The maximum Gasteiger partial charge on any atom is 0.130 e. The number of pyridine rings is 1. The number of hydrogen-bond donors (Lipinski definition) is 1. The first-order valence-electron chi connectivity index (χ1n) is 6.94. The number of rotatable bonds is 5. The molecule has 0 fully saturated rings. The smallest absolute Gasteiger partial charge is 0.130 e. The van der Waals surface area contributed by atoms with Gasteiger partial charge in [-0.2, -0.15) is 0 Å². The maximum absolute atomic E-state index is 5.92. The minimum absolute atomic E-state index is 0.175. The van der Waals surface area contributed by atoms with E-state index in [9.17, 15) is 0 Å². The molecule has 0 aliphatic heterocycles. The normalized spacial score (nSPS) is 12.2. The minimum atomic E-state index is 0.175. The average molecular weight is 270 g/mol. The van der Waals surface area contributed by atoms with Gasteiger partial charge >= 0.3 is 0 Å². The maximum atomic E-state index is 5.92. The van der Waals surface area contributed by atoms with Crippen molar-refractivity contribution in [3.8, 4) is 5.75 Å². The molecule has 1 aromatic carbocycles. The Morgan fingerprint density at radius 2 is 1.90 bits per heavy atom. The van der Waals surface area contributed by atoms with Crippen molar-refractivity contribution in [2.24, 2.45) is 5.73 Å². The zero-order valence-corrected chi connectivity index (χ0v) is 12.4. The van der Waals surface area contributed by atoms with Crippen molar-refractivity contribution < 1.29 is 4.74 Å². The van der Waals surface area contributed by atoms with Crippen molar-refractivity contribution in [2.75, 3.05) is 0 Å². The molecule has 0 bridgehead atoms. The van der Waals surface area contributed by atoms with Crippen LogP contribution >= 0.6 is 0 Å². The van der Waals surface area contributed by atoms with E-state index in [1.54, 1.807) is 6.20 Å². The highest BCUT2D eigenvalue weighted by molar-refractivity contribution is 5.43. The standard InChI is InChI=1S/C17H22N2O/c1-12-8-15(10-14(3)18)9-13(2)17(12)20-11-16-6-4-5-7-19-16/h4-9,14H,10-11,18H2,1-3H3. The van der Waals surface area contributed by atoms with Crippen LogP contribution in [0.25, 0.3) is 0 Å². The van der Waals surface area contributed by atoms with E-state index in [1.165, 1.54) is 5.56 Å². The number of aryl methyl sites for hydroxylation is 2. The van der Waals surface area contributed by atoms with Crippen LogP contribution in [0.2, 0.25) is 0 Å². The Kier molecular flexibility index (Phi) is 4.74. The molecular weight excluding hydrogens is 248 g/mol. The Labute approximate surface area is 120 Å². The molecule has 1 heterocycles. The third-order valence-corrected chi connectivity index (χ3v) is 3.17. The van der Waals surface area contributed by atoms with Gasteiger partial charge in [-0.05, 0) is 56.0 Å². The predicted octanol–water partition coefficient (Wildman–Crippen LogP) is 3.17. The van der Waals surface area contributed by atoms with Crippen LogP contribution < -0.4 is 10.5 Å². The molecule has 0 saturated heterocycles. The largest absolute Gasteiger partial charge is 0.487 e. The number of nitrogens with two attached hydrogens (primary N) is 1. The van der Waals surface area contributed by atoms with E-state index in [1.807, 2.05) is 25.1 Å². The number of aromatic nitrogens is 1. The number of hydrogen-bond acceptors (Lipinski definition) is 3. The number of nitrogens with zero attached hydrogens (tertiary/aromatic N) is 1. The van der Waals surface area contributed by atoms with E-state index in [4.69, 9.17) is 10.5 Å². The van der Waals surface area contributed by atoms with Gasteiger partial charge in [-0.15, -0.1) is 0 Å². The topological polar surface area (TPSA) is 48.1 Å². The highest BCUT2D eigenvalue weighted by atomic mass is 16.5. The molecule has 2 rings (SSSR count). The molecule has 1 aromatic heterocycles. The molecule has 2 N–H and O–H groups in total. The zero-order chi connectivity index (χ0) is 14.5. The van der Waals surface area contributed by atoms with Crippen LogP contribution in [0.4, 0.5) is 0 Å². The van der Waals surface area contributed by atoms with Gasteiger partial charge in [0.15, 0.2) is 0 Å². The summed E-state index contributed by atoms with van der Waals surface area (Å²) in [5, 5.41) is 0. The first-order valence-corrected chi connectivity index (χ1v) is 6.94. The van der Waals surface area contributed by atoms with E-state index in [0.29, 0.717) is 6.61 Å². The van der Waals surface area contributed by atoms with Gasteiger partial charge in [-0.25, -0.2) is 0 Å². The van der Waals surface area contributed by atoms with Gasteiger partial charge in [-0.3, -0.25) is 4.98 Å². The van der Waals surface area contributed by atoms with Crippen molar-refractivity contribution in [3.63, 3.8) is 0 Å². The molecule has 3 heteroatoms. The average Bonchev–Trinajstić information content (AvgIpc) is 2.38. The van der Waals surface area contributed by atoms with Gasteiger partial charge in [0.05, 0.1) is 5.69 Å². The summed E-state index contributed by atoms with van der Waals surface area (Å²) in [4.78, 5) is 4.27. The number of benzene rings is 1. The van der Waals surface area contributed by atoms with Crippen LogP contribution in [0.1, 0.15) is 29.3 Å². The molecule has 0 radical (unpaired) electrons. The number of ether oxygens (including phenoxy) is 1. The summed E-state index contributed by atoms with van der Waals surface area (Å²) in [5.41, 5.74) is 10.4. The molecule has 3 nitrogen and oxygen atoms in total. The molecule has 1 unspecified atom stereocenters. The van der Waals surface area contributed by atoms with Crippen molar-refractivity contribution in [1.82, 2.24) is 4.98 Å². The third kappa shape index (κ3) is 3.81. The highest BCUT2D eigenvalue weighted by Crippen LogP contribution is 2.26. The summed E-state index contributed by atoms with van der Waals surface area (Å²) < 4.78 is 5.92. The van der Waals surface area contributed by atoms with Crippen LogP contribution in [-0.4, -0.2) is 11.0 Å². The Balaban J connectivity index is 2.12. The fraction of sp³-hybridized carbons (Fsp3) is 0.353. The summed E-state index contributed by atoms with van der Waals surface area (Å²) in [5.74, 6) is 0.948. The van der Waals surface area contributed by atoms with Crippen LogP contribution in [0.5, 0.6) is 5.75 Å². The zero-order valence-electron chi connectivity index (χ0n) is 12.4. The molecule has 2 aromatic rings. The fourth-order valence-electron chi connectivity index (χ4n) is 2.39. The van der Waals surface area contributed by atoms with Crippen molar-refractivity contribution in [3.05, 3.63) is 58.9 Å². The van der Waals surface area contributed by atoms with Gasteiger partial charge in [0.2, 0.25) is 0 Å². The quantitative estimate of drug-likeness (QED) is 0.907. The molecule has 0 aliphatic rings. The Morgan fingerprint density at radius 1 is 1.20 bits per heavy atom. The summed E-state index contributed by atoms with van der Waals surface area (Å²) in [6, 6.07) is 10.3. The summed E-state index contributed by atoms with van der Waals surface area (Å²) in [6.45, 7) is 6.67. The van der Waals surface area contributed by atoms with E-state index < -0.39 is 0 Å². The molecule has 106 valence electrons. The van der Waals surface area contributed by atoms with Crippen LogP contribution in [0, 0.1) is 13.8 Å². The highest BCUT2D eigenvalue weighted by Gasteiger charge is 2.08. The van der Waals surface area contributed by atoms with E-state index in [2.05, 4.69) is 31.0 Å². The van der Waals surface area contributed by atoms with Gasteiger partial charge < -0.3 is 10.5 Å². The molecule has 0 saturated carbocycles. The van der Waals surface area contributed by atoms with E-state index in [0.717, 1.165) is 29.0 Å². The van der Waals surface area contributed by atoms with Gasteiger partial charge in [0.1, 0.15) is 12.4 Å². The second-order valence-corrected chi connectivity index (χ2v) is 5.35. The Hall–Kier alpha value is -1.87. The van der Waals surface area contributed by atoms with Crippen LogP contribution in [0.3, 0.4) is 0 Å². The Morgan fingerprint density at radius 3 is 2.45 bits per heavy atom. The Bertz CT molecular complexity index is 541. The molecule has 0 aliphatic carbocycles. The van der Waals surface area contributed by atoms with Crippen molar-refractivity contribution >= 4 is 0 Å². The van der Waals surface area contributed by atoms with E-state index >= 15 is 0 Å². The summed E-state index contributed by atoms with van der Waals surface area (Å²) >= 11 is 0.